The van der Waals surface area contributed by atoms with E-state index < -0.39 is 29.4 Å². The van der Waals surface area contributed by atoms with Gasteiger partial charge in [-0.15, -0.1) is 0 Å². The molecule has 0 saturated heterocycles. The van der Waals surface area contributed by atoms with Crippen LogP contribution in [0.1, 0.15) is 48.2 Å². The maximum atomic E-state index is 13.6. The fourth-order valence-electron chi connectivity index (χ4n) is 3.65. The standard InChI is InChI=1S/C26H23F3N6O2/c1-14-10-18(12-20(31-14)26(27,28)29)23-22(17-7-5-6-16(11-17)13-30)33-21-9-8-19(34-35(21)23)24(36)32-15(2)25(3,4)37/h5-12,15,37H,1-4H3,(H,32,36). The minimum atomic E-state index is -4.69. The smallest absolute Gasteiger partial charge is 0.388 e. The molecule has 1 aromatic carbocycles. The second-order valence-corrected chi connectivity index (χ2v) is 9.22. The number of aryl methyl sites for hydroxylation is 1. The minimum Gasteiger partial charge on any atom is -0.388 e. The van der Waals surface area contributed by atoms with E-state index in [0.29, 0.717) is 11.1 Å². The largest absolute Gasteiger partial charge is 0.433 e. The van der Waals surface area contributed by atoms with Crippen LogP contribution >= 0.6 is 0 Å². The summed E-state index contributed by atoms with van der Waals surface area (Å²) in [4.78, 5) is 21.1. The number of nitrogens with zero attached hydrogens (tertiary/aromatic N) is 5. The van der Waals surface area contributed by atoms with Crippen molar-refractivity contribution in [3.8, 4) is 28.6 Å². The van der Waals surface area contributed by atoms with Crippen LogP contribution in [0.5, 0.6) is 0 Å². The summed E-state index contributed by atoms with van der Waals surface area (Å²) in [5, 5.41) is 26.6. The number of imidazole rings is 1. The van der Waals surface area contributed by atoms with Crippen LogP contribution in [-0.4, -0.2) is 42.2 Å². The molecule has 0 aliphatic heterocycles. The van der Waals surface area contributed by atoms with Crippen LogP contribution in [0.15, 0.2) is 48.5 Å². The molecule has 0 aliphatic rings. The topological polar surface area (TPSA) is 116 Å². The molecule has 3 heterocycles. The summed E-state index contributed by atoms with van der Waals surface area (Å²) < 4.78 is 42.1. The second-order valence-electron chi connectivity index (χ2n) is 9.22. The van der Waals surface area contributed by atoms with Crippen molar-refractivity contribution >= 4 is 11.6 Å². The van der Waals surface area contributed by atoms with Gasteiger partial charge in [0, 0.05) is 16.8 Å². The summed E-state index contributed by atoms with van der Waals surface area (Å²) in [6, 6.07) is 13.3. The van der Waals surface area contributed by atoms with Crippen molar-refractivity contribution in [1.29, 1.82) is 5.26 Å². The number of rotatable bonds is 5. The molecule has 4 aromatic rings. The number of aromatic nitrogens is 4. The van der Waals surface area contributed by atoms with Crippen molar-refractivity contribution in [2.75, 3.05) is 0 Å². The van der Waals surface area contributed by atoms with Crippen LogP contribution in [0.4, 0.5) is 13.2 Å². The number of carbonyl (C=O) groups is 1. The summed E-state index contributed by atoms with van der Waals surface area (Å²) in [6.45, 7) is 6.18. The van der Waals surface area contributed by atoms with Gasteiger partial charge in [0.1, 0.15) is 17.1 Å². The fraction of sp³-hybridized carbons (Fsp3) is 0.269. The molecule has 0 bridgehead atoms. The average Bonchev–Trinajstić information content (AvgIpc) is 3.21. The lowest BCUT2D eigenvalue weighted by molar-refractivity contribution is -0.141. The van der Waals surface area contributed by atoms with Gasteiger partial charge in [0.05, 0.1) is 29.0 Å². The highest BCUT2D eigenvalue weighted by molar-refractivity contribution is 5.93. The highest BCUT2D eigenvalue weighted by Crippen LogP contribution is 2.36. The van der Waals surface area contributed by atoms with Crippen LogP contribution in [0.25, 0.3) is 28.2 Å². The second kappa shape index (κ2) is 9.29. The molecule has 1 unspecified atom stereocenters. The molecular weight excluding hydrogens is 485 g/mol. The Balaban J connectivity index is 1.96. The van der Waals surface area contributed by atoms with Gasteiger partial charge in [-0.3, -0.25) is 4.79 Å². The zero-order valence-electron chi connectivity index (χ0n) is 20.4. The molecule has 11 heteroatoms. The lowest BCUT2D eigenvalue weighted by Gasteiger charge is -2.26. The van der Waals surface area contributed by atoms with Gasteiger partial charge in [-0.2, -0.15) is 23.5 Å². The molecule has 0 radical (unpaired) electrons. The summed E-state index contributed by atoms with van der Waals surface area (Å²) in [5.74, 6) is -0.578. The maximum Gasteiger partial charge on any atom is 0.433 e. The van der Waals surface area contributed by atoms with Crippen molar-refractivity contribution in [2.45, 2.75) is 45.5 Å². The van der Waals surface area contributed by atoms with Gasteiger partial charge < -0.3 is 10.4 Å². The van der Waals surface area contributed by atoms with Crippen LogP contribution in [0, 0.1) is 18.3 Å². The van der Waals surface area contributed by atoms with Gasteiger partial charge in [0.15, 0.2) is 5.65 Å². The third-order valence-electron chi connectivity index (χ3n) is 5.90. The molecule has 0 fully saturated rings. The first-order valence-electron chi connectivity index (χ1n) is 11.3. The van der Waals surface area contributed by atoms with Crippen LogP contribution in [0.3, 0.4) is 0 Å². The normalized spacial score (nSPS) is 12.8. The Bertz CT molecular complexity index is 1550. The van der Waals surface area contributed by atoms with Gasteiger partial charge in [0.2, 0.25) is 0 Å². The summed E-state index contributed by atoms with van der Waals surface area (Å²) in [5.41, 5.74) is -0.436. The van der Waals surface area contributed by atoms with E-state index in [1.807, 2.05) is 6.07 Å². The Morgan fingerprint density at radius 2 is 1.84 bits per heavy atom. The number of aliphatic hydroxyl groups is 1. The number of carbonyl (C=O) groups excluding carboxylic acids is 1. The molecule has 2 N–H and O–H groups in total. The Morgan fingerprint density at radius 3 is 2.49 bits per heavy atom. The lowest BCUT2D eigenvalue weighted by atomic mass is 10.0. The molecule has 4 rings (SSSR count). The number of hydrogen-bond acceptors (Lipinski definition) is 6. The molecule has 0 spiro atoms. The number of halogens is 3. The Hall–Kier alpha value is -4.30. The molecule has 8 nitrogen and oxygen atoms in total. The third kappa shape index (κ3) is 5.29. The molecule has 190 valence electrons. The molecule has 0 aliphatic carbocycles. The quantitative estimate of drug-likeness (QED) is 0.409. The Kier molecular flexibility index (Phi) is 6.48. The van der Waals surface area contributed by atoms with Gasteiger partial charge in [0.25, 0.3) is 5.91 Å². The van der Waals surface area contributed by atoms with Crippen molar-refractivity contribution in [3.05, 3.63) is 71.2 Å². The van der Waals surface area contributed by atoms with E-state index in [-0.39, 0.29) is 34.0 Å². The molecule has 1 amide bonds. The number of pyridine rings is 1. The predicted molar refractivity (Wildman–Crippen MR) is 129 cm³/mol. The summed E-state index contributed by atoms with van der Waals surface area (Å²) in [6.07, 6.45) is -4.69. The van der Waals surface area contributed by atoms with E-state index >= 15 is 0 Å². The van der Waals surface area contributed by atoms with Crippen LogP contribution < -0.4 is 5.32 Å². The first-order valence-corrected chi connectivity index (χ1v) is 11.3. The zero-order valence-corrected chi connectivity index (χ0v) is 20.4. The first kappa shape index (κ1) is 25.8. The molecule has 1 atom stereocenters. The van der Waals surface area contributed by atoms with E-state index in [0.717, 1.165) is 6.07 Å². The Morgan fingerprint density at radius 1 is 1.11 bits per heavy atom. The van der Waals surface area contributed by atoms with Gasteiger partial charge in [-0.1, -0.05) is 12.1 Å². The molecular formula is C26H23F3N6O2. The van der Waals surface area contributed by atoms with Crippen molar-refractivity contribution in [1.82, 2.24) is 24.9 Å². The van der Waals surface area contributed by atoms with Gasteiger partial charge >= 0.3 is 6.18 Å². The average molecular weight is 509 g/mol. The molecule has 37 heavy (non-hydrogen) atoms. The minimum absolute atomic E-state index is 0.0265. The van der Waals surface area contributed by atoms with E-state index in [9.17, 15) is 28.3 Å². The Labute approximate surface area is 210 Å². The predicted octanol–water partition coefficient (Wildman–Crippen LogP) is 4.55. The number of nitrogens with one attached hydrogen (secondary N) is 1. The van der Waals surface area contributed by atoms with Crippen molar-refractivity contribution < 1.29 is 23.1 Å². The molecule has 0 saturated carbocycles. The SMILES string of the molecule is Cc1cc(-c2c(-c3cccc(C#N)c3)nc3ccc(C(=O)NC(C)C(C)(C)O)nn23)cc(C(F)(F)F)n1. The van der Waals surface area contributed by atoms with Gasteiger partial charge in [-0.05, 0) is 64.1 Å². The highest BCUT2D eigenvalue weighted by Gasteiger charge is 2.34. The number of hydrogen-bond donors (Lipinski definition) is 2. The number of alkyl halides is 3. The lowest BCUT2D eigenvalue weighted by Crippen LogP contribution is -2.47. The zero-order chi connectivity index (χ0) is 27.1. The molecule has 3 aromatic heterocycles. The van der Waals surface area contributed by atoms with E-state index in [2.05, 4.69) is 20.4 Å². The monoisotopic (exact) mass is 508 g/mol. The number of nitriles is 1. The van der Waals surface area contributed by atoms with Crippen molar-refractivity contribution in [3.63, 3.8) is 0 Å². The highest BCUT2D eigenvalue weighted by atomic mass is 19.4. The van der Waals surface area contributed by atoms with E-state index in [1.54, 1.807) is 45.0 Å². The first-order chi connectivity index (χ1) is 17.3. The number of benzene rings is 1. The maximum absolute atomic E-state index is 13.6. The van der Waals surface area contributed by atoms with Crippen LogP contribution in [0.2, 0.25) is 0 Å². The third-order valence-corrected chi connectivity index (χ3v) is 5.90. The van der Waals surface area contributed by atoms with E-state index in [1.165, 1.54) is 29.6 Å². The number of fused-ring (bicyclic) bond motifs is 1. The van der Waals surface area contributed by atoms with Crippen molar-refractivity contribution in [2.24, 2.45) is 0 Å². The number of amides is 1. The fourth-order valence-corrected chi connectivity index (χ4v) is 3.65. The van der Waals surface area contributed by atoms with Crippen LogP contribution in [-0.2, 0) is 6.18 Å². The summed E-state index contributed by atoms with van der Waals surface area (Å²) >= 11 is 0. The van der Waals surface area contributed by atoms with Gasteiger partial charge in [-0.25, -0.2) is 14.5 Å². The van der Waals surface area contributed by atoms with E-state index in [4.69, 9.17) is 0 Å². The summed E-state index contributed by atoms with van der Waals surface area (Å²) in [7, 11) is 0.